The molecule has 1 atom stereocenters. The van der Waals surface area contributed by atoms with Gasteiger partial charge in [-0.3, -0.25) is 4.79 Å². The van der Waals surface area contributed by atoms with Crippen LogP contribution in [-0.2, 0) is 14.3 Å². The smallest absolute Gasteiger partial charge is 0.320 e. The van der Waals surface area contributed by atoms with Gasteiger partial charge >= 0.3 is 5.97 Å². The Hall–Kier alpha value is -0.130. The Morgan fingerprint density at radius 2 is 2.06 bits per heavy atom. The third-order valence-electron chi connectivity index (χ3n) is 2.98. The Labute approximate surface area is 105 Å². The van der Waals surface area contributed by atoms with Gasteiger partial charge in [-0.15, -0.1) is 0 Å². The number of hydrogen-bond acceptors (Lipinski definition) is 4. The molecule has 0 aromatic carbocycles. The van der Waals surface area contributed by atoms with Crippen molar-refractivity contribution in [1.82, 2.24) is 4.90 Å². The van der Waals surface area contributed by atoms with E-state index >= 15 is 0 Å². The molecule has 0 N–H and O–H groups in total. The lowest BCUT2D eigenvalue weighted by atomic mass is 9.98. The molecule has 1 unspecified atom stereocenters. The highest BCUT2D eigenvalue weighted by Crippen LogP contribution is 2.18. The Bertz CT molecular complexity index is 217. The number of carbonyl (C=O) groups excluding carboxylic acids is 1. The van der Waals surface area contributed by atoms with E-state index in [-0.39, 0.29) is 10.8 Å². The van der Waals surface area contributed by atoms with Gasteiger partial charge in [0.25, 0.3) is 0 Å². The van der Waals surface area contributed by atoms with Crippen LogP contribution in [-0.4, -0.2) is 56.2 Å². The van der Waals surface area contributed by atoms with Crippen LogP contribution in [0.1, 0.15) is 12.8 Å². The zero-order chi connectivity index (χ0) is 12.0. The molecule has 4 nitrogen and oxygen atoms in total. The second kappa shape index (κ2) is 7.25. The van der Waals surface area contributed by atoms with E-state index in [9.17, 15) is 4.79 Å². The SMILES string of the molecule is COCC1CCN(CC(Br)C(=O)OC)CC1. The second-order valence-corrected chi connectivity index (χ2v) is 5.30. The molecule has 5 heteroatoms. The Kier molecular flexibility index (Phi) is 6.31. The van der Waals surface area contributed by atoms with Crippen LogP contribution in [0.3, 0.4) is 0 Å². The first-order valence-electron chi connectivity index (χ1n) is 5.60. The lowest BCUT2D eigenvalue weighted by Crippen LogP contribution is -2.40. The van der Waals surface area contributed by atoms with Crippen molar-refractivity contribution in [3.63, 3.8) is 0 Å². The van der Waals surface area contributed by atoms with Gasteiger partial charge in [0.1, 0.15) is 4.83 Å². The summed E-state index contributed by atoms with van der Waals surface area (Å²) in [4.78, 5) is 13.3. The Morgan fingerprint density at radius 3 is 2.56 bits per heavy atom. The molecule has 0 aromatic rings. The number of carbonyl (C=O) groups is 1. The third kappa shape index (κ3) is 4.39. The number of alkyl halides is 1. The summed E-state index contributed by atoms with van der Waals surface area (Å²) in [7, 11) is 3.17. The lowest BCUT2D eigenvalue weighted by Gasteiger charge is -2.32. The van der Waals surface area contributed by atoms with Crippen LogP contribution in [0.2, 0.25) is 0 Å². The van der Waals surface area contributed by atoms with Gasteiger partial charge in [-0.05, 0) is 31.8 Å². The van der Waals surface area contributed by atoms with E-state index < -0.39 is 0 Å². The van der Waals surface area contributed by atoms with Crippen LogP contribution in [0, 0.1) is 5.92 Å². The topological polar surface area (TPSA) is 38.8 Å². The van der Waals surface area contributed by atoms with Gasteiger partial charge in [0, 0.05) is 20.3 Å². The highest BCUT2D eigenvalue weighted by Gasteiger charge is 2.23. The fraction of sp³-hybridized carbons (Fsp3) is 0.909. The quantitative estimate of drug-likeness (QED) is 0.565. The number of rotatable bonds is 5. The van der Waals surface area contributed by atoms with Crippen molar-refractivity contribution in [3.05, 3.63) is 0 Å². The number of methoxy groups -OCH3 is 2. The zero-order valence-corrected chi connectivity index (χ0v) is 11.5. The van der Waals surface area contributed by atoms with E-state index in [0.717, 1.165) is 39.1 Å². The summed E-state index contributed by atoms with van der Waals surface area (Å²) in [6.45, 7) is 3.65. The fourth-order valence-corrected chi connectivity index (χ4v) is 2.60. The standard InChI is InChI=1S/C11H20BrNO3/c1-15-8-9-3-5-13(6-4-9)7-10(12)11(14)16-2/h9-10H,3-8H2,1-2H3. The zero-order valence-electron chi connectivity index (χ0n) is 9.95. The number of esters is 1. The highest BCUT2D eigenvalue weighted by atomic mass is 79.9. The second-order valence-electron chi connectivity index (χ2n) is 4.19. The lowest BCUT2D eigenvalue weighted by molar-refractivity contribution is -0.140. The molecule has 1 saturated heterocycles. The number of ether oxygens (including phenoxy) is 2. The number of hydrogen-bond donors (Lipinski definition) is 0. The Balaban J connectivity index is 2.24. The molecule has 16 heavy (non-hydrogen) atoms. The predicted octanol–water partition coefficient (Wildman–Crippen LogP) is 1.28. The van der Waals surface area contributed by atoms with Crippen LogP contribution in [0.5, 0.6) is 0 Å². The first-order chi connectivity index (χ1) is 7.67. The summed E-state index contributed by atoms with van der Waals surface area (Å²) in [6.07, 6.45) is 2.30. The minimum atomic E-state index is -0.212. The minimum absolute atomic E-state index is 0.195. The normalized spacial score (nSPS) is 20.7. The van der Waals surface area contributed by atoms with Crippen molar-refractivity contribution in [3.8, 4) is 0 Å². The summed E-state index contributed by atoms with van der Waals surface area (Å²) in [5.41, 5.74) is 0. The summed E-state index contributed by atoms with van der Waals surface area (Å²) >= 11 is 3.34. The van der Waals surface area contributed by atoms with Gasteiger partial charge in [-0.25, -0.2) is 0 Å². The van der Waals surface area contributed by atoms with Crippen LogP contribution in [0.15, 0.2) is 0 Å². The van der Waals surface area contributed by atoms with Crippen LogP contribution in [0.25, 0.3) is 0 Å². The molecule has 0 aliphatic carbocycles. The van der Waals surface area contributed by atoms with Crippen LogP contribution >= 0.6 is 15.9 Å². The van der Waals surface area contributed by atoms with Gasteiger partial charge in [0.15, 0.2) is 0 Å². The van der Waals surface area contributed by atoms with Crippen LogP contribution < -0.4 is 0 Å². The van der Waals surface area contributed by atoms with E-state index in [4.69, 9.17) is 4.74 Å². The molecular weight excluding hydrogens is 274 g/mol. The van der Waals surface area contributed by atoms with E-state index in [2.05, 4.69) is 25.6 Å². The number of likely N-dealkylation sites (tertiary alicyclic amines) is 1. The van der Waals surface area contributed by atoms with Gasteiger partial charge in [-0.1, -0.05) is 15.9 Å². The van der Waals surface area contributed by atoms with Crippen molar-refractivity contribution in [2.24, 2.45) is 5.92 Å². The number of nitrogens with zero attached hydrogens (tertiary/aromatic N) is 1. The third-order valence-corrected chi connectivity index (χ3v) is 3.65. The fourth-order valence-electron chi connectivity index (χ4n) is 2.00. The van der Waals surface area contributed by atoms with Crippen molar-refractivity contribution < 1.29 is 14.3 Å². The van der Waals surface area contributed by atoms with E-state index in [1.807, 2.05) is 0 Å². The van der Waals surface area contributed by atoms with Crippen molar-refractivity contribution in [2.75, 3.05) is 40.5 Å². The van der Waals surface area contributed by atoms with E-state index in [0.29, 0.717) is 5.92 Å². The minimum Gasteiger partial charge on any atom is -0.468 e. The molecule has 0 aromatic heterocycles. The van der Waals surface area contributed by atoms with Gasteiger partial charge in [0.2, 0.25) is 0 Å². The number of piperidine rings is 1. The van der Waals surface area contributed by atoms with E-state index in [1.54, 1.807) is 7.11 Å². The van der Waals surface area contributed by atoms with E-state index in [1.165, 1.54) is 7.11 Å². The molecule has 0 radical (unpaired) electrons. The van der Waals surface area contributed by atoms with Crippen molar-refractivity contribution >= 4 is 21.9 Å². The monoisotopic (exact) mass is 293 g/mol. The maximum atomic E-state index is 11.2. The predicted molar refractivity (Wildman–Crippen MR) is 65.8 cm³/mol. The summed E-state index contributed by atoms with van der Waals surface area (Å²) in [5.74, 6) is 0.479. The molecule has 0 amide bonds. The van der Waals surface area contributed by atoms with Crippen molar-refractivity contribution in [1.29, 1.82) is 0 Å². The first kappa shape index (κ1) is 13.9. The first-order valence-corrected chi connectivity index (χ1v) is 6.52. The van der Waals surface area contributed by atoms with Crippen LogP contribution in [0.4, 0.5) is 0 Å². The number of halogens is 1. The molecule has 1 aliphatic heterocycles. The molecule has 0 spiro atoms. The maximum Gasteiger partial charge on any atom is 0.320 e. The molecule has 0 saturated carbocycles. The highest BCUT2D eigenvalue weighted by molar-refractivity contribution is 9.10. The largest absolute Gasteiger partial charge is 0.468 e. The maximum absolute atomic E-state index is 11.2. The average Bonchev–Trinajstić information content (AvgIpc) is 2.31. The summed E-state index contributed by atoms with van der Waals surface area (Å²) in [6, 6.07) is 0. The summed E-state index contributed by atoms with van der Waals surface area (Å²) < 4.78 is 9.83. The Morgan fingerprint density at radius 1 is 1.44 bits per heavy atom. The van der Waals surface area contributed by atoms with Gasteiger partial charge < -0.3 is 14.4 Å². The van der Waals surface area contributed by atoms with Gasteiger partial charge in [-0.2, -0.15) is 0 Å². The van der Waals surface area contributed by atoms with Crippen molar-refractivity contribution in [2.45, 2.75) is 17.7 Å². The molecule has 0 bridgehead atoms. The molecule has 94 valence electrons. The average molecular weight is 294 g/mol. The molecule has 1 aliphatic rings. The summed E-state index contributed by atoms with van der Waals surface area (Å²) in [5, 5.41) is 0. The molecule has 1 fully saturated rings. The molecule has 1 rings (SSSR count). The molecular formula is C11H20BrNO3. The van der Waals surface area contributed by atoms with Gasteiger partial charge in [0.05, 0.1) is 7.11 Å². The molecule has 1 heterocycles.